The van der Waals surface area contributed by atoms with Gasteiger partial charge in [0.2, 0.25) is 0 Å². The Balaban J connectivity index is 3.18. The van der Waals surface area contributed by atoms with Gasteiger partial charge in [0, 0.05) is 18.3 Å². The van der Waals surface area contributed by atoms with Crippen molar-refractivity contribution in [2.45, 2.75) is 19.4 Å². The average Bonchev–Trinajstić information content (AvgIpc) is 2.28. The largest absolute Gasteiger partial charge is 0.394 e. The van der Waals surface area contributed by atoms with E-state index in [0.29, 0.717) is 5.56 Å². The smallest absolute Gasteiger partial charge is 0.124 e. The van der Waals surface area contributed by atoms with Crippen LogP contribution in [0.25, 0.3) is 0 Å². The Labute approximate surface area is 96.2 Å². The summed E-state index contributed by atoms with van der Waals surface area (Å²) in [6.07, 6.45) is 0. The highest BCUT2D eigenvalue weighted by atomic mass is 16.3. The van der Waals surface area contributed by atoms with Gasteiger partial charge in [-0.15, -0.1) is 0 Å². The lowest BCUT2D eigenvalue weighted by molar-refractivity contribution is 0.216. The number of para-hydroxylation sites is 1. The first-order valence-corrected chi connectivity index (χ1v) is 5.18. The zero-order valence-electron chi connectivity index (χ0n) is 9.99. The molecule has 1 aromatic rings. The third-order valence-electron chi connectivity index (χ3n) is 2.85. The van der Waals surface area contributed by atoms with Gasteiger partial charge in [-0.1, -0.05) is 12.1 Å². The molecule has 0 saturated heterocycles. The minimum atomic E-state index is -0.383. The minimum Gasteiger partial charge on any atom is -0.394 e. The van der Waals surface area contributed by atoms with Gasteiger partial charge in [-0.05, 0) is 26.0 Å². The molecule has 0 radical (unpaired) electrons. The van der Waals surface area contributed by atoms with Gasteiger partial charge in [0.05, 0.1) is 12.1 Å². The van der Waals surface area contributed by atoms with E-state index in [1.54, 1.807) is 0 Å². The Kier molecular flexibility index (Phi) is 3.55. The number of likely N-dealkylation sites (N-methyl/N-ethyl adjacent to an activating group) is 1. The summed E-state index contributed by atoms with van der Waals surface area (Å²) in [7, 11) is 1.89. The van der Waals surface area contributed by atoms with Gasteiger partial charge >= 0.3 is 0 Å². The van der Waals surface area contributed by atoms with E-state index in [1.807, 2.05) is 50.1 Å². The molecule has 88 valence electrons. The fourth-order valence-electron chi connectivity index (χ4n) is 1.43. The zero-order chi connectivity index (χ0) is 12.3. The molecule has 0 unspecified atom stereocenters. The second-order valence-corrected chi connectivity index (χ2v) is 4.46. The predicted molar refractivity (Wildman–Crippen MR) is 67.0 cm³/mol. The Hall–Kier alpha value is -1.55. The maximum Gasteiger partial charge on any atom is 0.124 e. The number of aliphatic hydroxyl groups is 1. The molecule has 4 heteroatoms. The Morgan fingerprint density at radius 2 is 2.00 bits per heavy atom. The molecule has 4 N–H and O–H groups in total. The van der Waals surface area contributed by atoms with E-state index in [1.165, 1.54) is 0 Å². The van der Waals surface area contributed by atoms with Crippen molar-refractivity contribution in [1.29, 1.82) is 5.41 Å². The molecule has 1 aromatic carbocycles. The molecule has 0 heterocycles. The molecular formula is C12H19N3O. The number of hydrogen-bond donors (Lipinski definition) is 3. The van der Waals surface area contributed by atoms with Crippen LogP contribution in [0.2, 0.25) is 0 Å². The lowest BCUT2D eigenvalue weighted by Crippen LogP contribution is -2.45. The number of hydrogen-bond acceptors (Lipinski definition) is 3. The lowest BCUT2D eigenvalue weighted by atomic mass is 10.0. The van der Waals surface area contributed by atoms with Crippen molar-refractivity contribution >= 4 is 11.5 Å². The molecule has 0 amide bonds. The molecule has 4 nitrogen and oxygen atoms in total. The van der Waals surface area contributed by atoms with Crippen LogP contribution in [0.5, 0.6) is 0 Å². The van der Waals surface area contributed by atoms with Crippen molar-refractivity contribution in [1.82, 2.24) is 0 Å². The first-order valence-electron chi connectivity index (χ1n) is 5.18. The zero-order valence-corrected chi connectivity index (χ0v) is 9.99. The number of rotatable bonds is 4. The Morgan fingerprint density at radius 3 is 2.50 bits per heavy atom. The summed E-state index contributed by atoms with van der Waals surface area (Å²) in [6.45, 7) is 3.91. The number of anilines is 1. The summed E-state index contributed by atoms with van der Waals surface area (Å²) in [5.74, 6) is 0.0381. The highest BCUT2D eigenvalue weighted by Gasteiger charge is 2.24. The second-order valence-electron chi connectivity index (χ2n) is 4.46. The number of nitrogens with zero attached hydrogens (tertiary/aromatic N) is 1. The van der Waals surface area contributed by atoms with Gasteiger partial charge in [0.1, 0.15) is 5.84 Å². The van der Waals surface area contributed by atoms with Crippen LogP contribution in [0, 0.1) is 5.41 Å². The summed E-state index contributed by atoms with van der Waals surface area (Å²) in [5, 5.41) is 16.8. The number of benzene rings is 1. The second kappa shape index (κ2) is 4.53. The summed E-state index contributed by atoms with van der Waals surface area (Å²) < 4.78 is 0. The number of nitrogens with two attached hydrogens (primary N) is 1. The number of nitrogen functional groups attached to an aromatic ring is 1. The fourth-order valence-corrected chi connectivity index (χ4v) is 1.43. The third-order valence-corrected chi connectivity index (χ3v) is 2.85. The molecule has 0 aliphatic heterocycles. The van der Waals surface area contributed by atoms with Crippen molar-refractivity contribution in [2.24, 2.45) is 5.73 Å². The van der Waals surface area contributed by atoms with Crippen LogP contribution in [0.15, 0.2) is 24.3 Å². The maximum atomic E-state index is 9.33. The van der Waals surface area contributed by atoms with E-state index in [2.05, 4.69) is 0 Å². The third kappa shape index (κ3) is 2.33. The summed E-state index contributed by atoms with van der Waals surface area (Å²) in [4.78, 5) is 1.93. The van der Waals surface area contributed by atoms with Crippen molar-refractivity contribution in [3.8, 4) is 0 Å². The molecule has 16 heavy (non-hydrogen) atoms. The number of aliphatic hydroxyl groups excluding tert-OH is 1. The fraction of sp³-hybridized carbons (Fsp3) is 0.417. The van der Waals surface area contributed by atoms with Gasteiger partial charge in [-0.25, -0.2) is 0 Å². The van der Waals surface area contributed by atoms with Gasteiger partial charge < -0.3 is 15.7 Å². The Morgan fingerprint density at radius 1 is 1.44 bits per heavy atom. The van der Waals surface area contributed by atoms with Gasteiger partial charge in [-0.2, -0.15) is 0 Å². The van der Waals surface area contributed by atoms with Crippen LogP contribution in [-0.2, 0) is 0 Å². The molecule has 1 rings (SSSR count). The maximum absolute atomic E-state index is 9.33. The van der Waals surface area contributed by atoms with Crippen LogP contribution in [-0.4, -0.2) is 30.1 Å². The van der Waals surface area contributed by atoms with E-state index in [-0.39, 0.29) is 18.0 Å². The van der Waals surface area contributed by atoms with E-state index in [0.717, 1.165) is 5.69 Å². The SMILES string of the molecule is CN(c1ccccc1C(=N)N)C(C)(C)CO. The predicted octanol–water partition coefficient (Wildman–Crippen LogP) is 1.18. The molecule has 0 fully saturated rings. The quantitative estimate of drug-likeness (QED) is 0.528. The van der Waals surface area contributed by atoms with Crippen molar-refractivity contribution < 1.29 is 5.11 Å². The average molecular weight is 221 g/mol. The molecule has 0 bridgehead atoms. The number of nitrogens with one attached hydrogen (secondary N) is 1. The van der Waals surface area contributed by atoms with Crippen molar-refractivity contribution in [3.05, 3.63) is 29.8 Å². The molecule has 0 aromatic heterocycles. The number of amidine groups is 1. The molecule has 0 saturated carbocycles. The van der Waals surface area contributed by atoms with Crippen molar-refractivity contribution in [3.63, 3.8) is 0 Å². The van der Waals surface area contributed by atoms with E-state index in [4.69, 9.17) is 11.1 Å². The summed E-state index contributed by atoms with van der Waals surface area (Å²) >= 11 is 0. The molecular weight excluding hydrogens is 202 g/mol. The monoisotopic (exact) mass is 221 g/mol. The van der Waals surface area contributed by atoms with E-state index in [9.17, 15) is 5.11 Å². The van der Waals surface area contributed by atoms with Gasteiger partial charge in [0.25, 0.3) is 0 Å². The van der Waals surface area contributed by atoms with Crippen LogP contribution < -0.4 is 10.6 Å². The highest BCUT2D eigenvalue weighted by Crippen LogP contribution is 2.25. The van der Waals surface area contributed by atoms with Crippen LogP contribution in [0.3, 0.4) is 0 Å². The topological polar surface area (TPSA) is 73.3 Å². The minimum absolute atomic E-state index is 0.0374. The van der Waals surface area contributed by atoms with Gasteiger partial charge in [0.15, 0.2) is 0 Å². The first kappa shape index (κ1) is 12.5. The summed E-state index contributed by atoms with van der Waals surface area (Å²) in [5.41, 5.74) is 6.69. The van der Waals surface area contributed by atoms with Crippen molar-refractivity contribution in [2.75, 3.05) is 18.6 Å². The standard InChI is InChI=1S/C12H19N3O/c1-12(2,8-16)15(3)10-7-5-4-6-9(10)11(13)14/h4-7,16H,8H2,1-3H3,(H3,13,14). The normalized spacial score (nSPS) is 11.2. The summed E-state index contributed by atoms with van der Waals surface area (Å²) in [6, 6.07) is 7.45. The van der Waals surface area contributed by atoms with Crippen LogP contribution >= 0.6 is 0 Å². The molecule has 0 aliphatic rings. The molecule has 0 atom stereocenters. The Bertz CT molecular complexity index is 388. The van der Waals surface area contributed by atoms with E-state index >= 15 is 0 Å². The highest BCUT2D eigenvalue weighted by molar-refractivity contribution is 6.00. The lowest BCUT2D eigenvalue weighted by Gasteiger charge is -2.36. The van der Waals surface area contributed by atoms with Crippen LogP contribution in [0.1, 0.15) is 19.4 Å². The van der Waals surface area contributed by atoms with Crippen LogP contribution in [0.4, 0.5) is 5.69 Å². The molecule has 0 aliphatic carbocycles. The first-order chi connectivity index (χ1) is 7.40. The van der Waals surface area contributed by atoms with Gasteiger partial charge in [-0.3, -0.25) is 5.41 Å². The van der Waals surface area contributed by atoms with E-state index < -0.39 is 0 Å². The molecule has 0 spiro atoms.